The second-order valence-corrected chi connectivity index (χ2v) is 7.78. The molecule has 0 bridgehead atoms. The Labute approximate surface area is 185 Å². The van der Waals surface area contributed by atoms with Crippen LogP contribution in [0.3, 0.4) is 0 Å². The number of nitrogens with zero attached hydrogens (tertiary/aromatic N) is 2. The van der Waals surface area contributed by atoms with E-state index in [0.717, 1.165) is 33.6 Å². The van der Waals surface area contributed by atoms with Crippen LogP contribution >= 0.6 is 0 Å². The third-order valence-corrected chi connectivity index (χ3v) is 5.20. The summed E-state index contributed by atoms with van der Waals surface area (Å²) in [6.07, 6.45) is 0. The molecule has 0 radical (unpaired) electrons. The summed E-state index contributed by atoms with van der Waals surface area (Å²) in [5.74, 6) is 0.165. The van der Waals surface area contributed by atoms with Crippen LogP contribution in [-0.2, 0) is 4.79 Å². The van der Waals surface area contributed by atoms with Gasteiger partial charge in [0.15, 0.2) is 6.61 Å². The number of hydrogen-bond donors (Lipinski definition) is 3. The Bertz CT molecular complexity index is 1250. The van der Waals surface area contributed by atoms with Crippen LogP contribution in [0.25, 0.3) is 0 Å². The number of fused-ring (bicyclic) bond motifs is 1. The molecule has 2 aromatic carbocycles. The number of carbonyl (C=O) groups excluding carboxylic acids is 1. The second kappa shape index (κ2) is 8.47. The molecule has 2 heterocycles. The quantitative estimate of drug-likeness (QED) is 0.569. The van der Waals surface area contributed by atoms with Gasteiger partial charge < -0.3 is 20.5 Å². The number of hydrogen-bond acceptors (Lipinski definition) is 6. The first-order valence-electron chi connectivity index (χ1n) is 10.1. The number of nitrogens with one attached hydrogen (secondary N) is 2. The van der Waals surface area contributed by atoms with Crippen LogP contribution < -0.4 is 20.5 Å². The highest BCUT2D eigenvalue weighted by Crippen LogP contribution is 2.43. The Morgan fingerprint density at radius 1 is 1.25 bits per heavy atom. The first-order chi connectivity index (χ1) is 15.4. The summed E-state index contributed by atoms with van der Waals surface area (Å²) in [7, 11) is 0. The minimum Gasteiger partial charge on any atom is -0.484 e. The number of anilines is 1. The van der Waals surface area contributed by atoms with E-state index in [1.54, 1.807) is 12.1 Å². The average Bonchev–Trinajstić information content (AvgIpc) is 3.10. The van der Waals surface area contributed by atoms with Gasteiger partial charge in [0, 0.05) is 16.9 Å². The highest BCUT2D eigenvalue weighted by atomic mass is 16.5. The van der Waals surface area contributed by atoms with Crippen molar-refractivity contribution in [1.82, 2.24) is 10.2 Å². The van der Waals surface area contributed by atoms with Crippen LogP contribution in [0.4, 0.5) is 5.69 Å². The minimum atomic E-state index is -0.449. The van der Waals surface area contributed by atoms with Gasteiger partial charge in [0.25, 0.3) is 5.91 Å². The molecule has 32 heavy (non-hydrogen) atoms. The van der Waals surface area contributed by atoms with Gasteiger partial charge in [0.2, 0.25) is 11.8 Å². The highest BCUT2D eigenvalue weighted by molar-refractivity contribution is 5.92. The van der Waals surface area contributed by atoms with E-state index in [1.165, 1.54) is 0 Å². The Kier molecular flexibility index (Phi) is 5.56. The molecule has 1 aliphatic rings. The molecule has 8 heteroatoms. The third-order valence-electron chi connectivity index (χ3n) is 5.20. The second-order valence-electron chi connectivity index (χ2n) is 7.78. The molecule has 1 unspecified atom stereocenters. The molecule has 0 spiro atoms. The van der Waals surface area contributed by atoms with Gasteiger partial charge in [-0.1, -0.05) is 18.2 Å². The Morgan fingerprint density at radius 2 is 2.00 bits per heavy atom. The lowest BCUT2D eigenvalue weighted by Crippen LogP contribution is -2.21. The van der Waals surface area contributed by atoms with Crippen LogP contribution in [0, 0.1) is 32.1 Å². The van der Waals surface area contributed by atoms with Crippen molar-refractivity contribution in [3.05, 3.63) is 81.9 Å². The van der Waals surface area contributed by atoms with Gasteiger partial charge in [0.05, 0.1) is 5.92 Å². The van der Waals surface area contributed by atoms with Crippen molar-refractivity contribution in [2.24, 2.45) is 5.73 Å². The zero-order valence-electron chi connectivity index (χ0n) is 18.0. The van der Waals surface area contributed by atoms with E-state index >= 15 is 0 Å². The number of nitrogens with two attached hydrogens (primary N) is 1. The Hall–Kier alpha value is -4.25. The van der Waals surface area contributed by atoms with Crippen molar-refractivity contribution in [3.63, 3.8) is 0 Å². The SMILES string of the molecule is Cc1cc(C)cc(NC(=O)COc2cccc(C3C(C#N)=C(N)Oc4n[nH]c(C)c43)c2)c1. The summed E-state index contributed by atoms with van der Waals surface area (Å²) in [6, 6.07) is 15.2. The molecule has 0 aliphatic carbocycles. The molecular weight excluding hydrogens is 406 g/mol. The molecule has 4 N–H and O–H groups in total. The molecule has 1 aliphatic heterocycles. The predicted octanol–water partition coefficient (Wildman–Crippen LogP) is 3.57. The lowest BCUT2D eigenvalue weighted by atomic mass is 9.84. The normalized spacial score (nSPS) is 14.9. The number of aryl methyl sites for hydroxylation is 3. The maximum Gasteiger partial charge on any atom is 0.262 e. The van der Waals surface area contributed by atoms with E-state index in [0.29, 0.717) is 17.2 Å². The molecule has 0 saturated heterocycles. The highest BCUT2D eigenvalue weighted by Gasteiger charge is 2.34. The number of rotatable bonds is 5. The van der Waals surface area contributed by atoms with E-state index in [4.69, 9.17) is 15.2 Å². The number of ether oxygens (including phenoxy) is 2. The van der Waals surface area contributed by atoms with Gasteiger partial charge in [-0.15, -0.1) is 5.10 Å². The summed E-state index contributed by atoms with van der Waals surface area (Å²) in [5, 5.41) is 19.5. The standard InChI is InChI=1S/C24H23N5O3/c1-13-7-14(2)9-17(8-13)27-20(30)12-31-18-6-4-5-16(10-18)22-19(11-25)23(26)32-24-21(22)15(3)28-29-24/h4-10,22H,12,26H2,1-3H3,(H,27,30)(H,28,29). The fourth-order valence-corrected chi connectivity index (χ4v) is 3.91. The zero-order valence-corrected chi connectivity index (χ0v) is 18.0. The number of aromatic nitrogens is 2. The molecule has 8 nitrogen and oxygen atoms in total. The number of H-pyrrole nitrogens is 1. The molecule has 3 aromatic rings. The maximum atomic E-state index is 12.4. The van der Waals surface area contributed by atoms with Crippen molar-refractivity contribution < 1.29 is 14.3 Å². The first-order valence-corrected chi connectivity index (χ1v) is 10.1. The monoisotopic (exact) mass is 429 g/mol. The molecule has 4 rings (SSSR count). The Balaban J connectivity index is 1.53. The van der Waals surface area contributed by atoms with Gasteiger partial charge >= 0.3 is 0 Å². The summed E-state index contributed by atoms with van der Waals surface area (Å²) in [6.45, 7) is 5.66. The number of benzene rings is 2. The van der Waals surface area contributed by atoms with Gasteiger partial charge in [-0.3, -0.25) is 9.89 Å². The van der Waals surface area contributed by atoms with Gasteiger partial charge in [-0.2, -0.15) is 5.26 Å². The number of allylic oxidation sites excluding steroid dienone is 1. The van der Waals surface area contributed by atoms with Gasteiger partial charge in [-0.05, 0) is 61.7 Å². The molecule has 1 atom stereocenters. The fraction of sp³-hybridized carbons (Fsp3) is 0.208. The molecule has 0 saturated carbocycles. The summed E-state index contributed by atoms with van der Waals surface area (Å²) in [5.41, 5.74) is 11.5. The van der Waals surface area contributed by atoms with Crippen molar-refractivity contribution in [2.75, 3.05) is 11.9 Å². The van der Waals surface area contributed by atoms with Crippen LogP contribution in [0.5, 0.6) is 11.6 Å². The zero-order chi connectivity index (χ0) is 22.8. The van der Waals surface area contributed by atoms with Crippen LogP contribution in [0.1, 0.15) is 33.9 Å². The smallest absolute Gasteiger partial charge is 0.262 e. The van der Waals surface area contributed by atoms with E-state index in [9.17, 15) is 10.1 Å². The summed E-state index contributed by atoms with van der Waals surface area (Å²) in [4.78, 5) is 12.4. The lowest BCUT2D eigenvalue weighted by molar-refractivity contribution is -0.118. The number of amides is 1. The number of carbonyl (C=O) groups is 1. The third kappa shape index (κ3) is 4.14. The molecule has 1 aromatic heterocycles. The van der Waals surface area contributed by atoms with Crippen LogP contribution in [0.2, 0.25) is 0 Å². The molecular formula is C24H23N5O3. The predicted molar refractivity (Wildman–Crippen MR) is 119 cm³/mol. The summed E-state index contributed by atoms with van der Waals surface area (Å²) >= 11 is 0. The number of aromatic amines is 1. The summed E-state index contributed by atoms with van der Waals surface area (Å²) < 4.78 is 11.2. The van der Waals surface area contributed by atoms with E-state index in [2.05, 4.69) is 21.6 Å². The largest absolute Gasteiger partial charge is 0.484 e. The molecule has 162 valence electrons. The lowest BCUT2D eigenvalue weighted by Gasteiger charge is -2.24. The topological polar surface area (TPSA) is 126 Å². The molecule has 0 fully saturated rings. The van der Waals surface area contributed by atoms with E-state index < -0.39 is 5.92 Å². The van der Waals surface area contributed by atoms with Crippen molar-refractivity contribution in [1.29, 1.82) is 5.26 Å². The van der Waals surface area contributed by atoms with Gasteiger partial charge in [0.1, 0.15) is 17.4 Å². The average molecular weight is 429 g/mol. The Morgan fingerprint density at radius 3 is 2.72 bits per heavy atom. The molecule has 1 amide bonds. The van der Waals surface area contributed by atoms with Crippen molar-refractivity contribution in [2.45, 2.75) is 26.7 Å². The van der Waals surface area contributed by atoms with Crippen molar-refractivity contribution >= 4 is 11.6 Å². The van der Waals surface area contributed by atoms with Gasteiger partial charge in [-0.25, -0.2) is 0 Å². The van der Waals surface area contributed by atoms with Crippen LogP contribution in [0.15, 0.2) is 53.9 Å². The number of nitriles is 1. The maximum absolute atomic E-state index is 12.4. The van der Waals surface area contributed by atoms with E-state index in [1.807, 2.05) is 51.1 Å². The first kappa shape index (κ1) is 21.0. The minimum absolute atomic E-state index is 0.0237. The van der Waals surface area contributed by atoms with E-state index in [-0.39, 0.29) is 18.4 Å². The van der Waals surface area contributed by atoms with Crippen LogP contribution in [-0.4, -0.2) is 22.7 Å². The van der Waals surface area contributed by atoms with Crippen molar-refractivity contribution in [3.8, 4) is 17.7 Å². The fourth-order valence-electron chi connectivity index (χ4n) is 3.91.